The highest BCUT2D eigenvalue weighted by molar-refractivity contribution is 5.99. The average molecular weight is 343 g/mol. The summed E-state index contributed by atoms with van der Waals surface area (Å²) in [4.78, 5) is 11.9. The first-order valence-electron chi connectivity index (χ1n) is 8.04. The van der Waals surface area contributed by atoms with Crippen molar-refractivity contribution in [2.45, 2.75) is 40.3 Å². The molecule has 0 atom stereocenters. The second-order valence-electron chi connectivity index (χ2n) is 6.12. The number of ether oxygens (including phenoxy) is 1. The van der Waals surface area contributed by atoms with E-state index in [4.69, 9.17) is 9.26 Å². The number of hydrogen-bond donors (Lipinski definition) is 3. The number of aromatic amines is 1. The summed E-state index contributed by atoms with van der Waals surface area (Å²) < 4.78 is 11.0. The number of carbonyl (C=O) groups excluding carboxylic acids is 1. The Kier molecular flexibility index (Phi) is 4.60. The van der Waals surface area contributed by atoms with Gasteiger partial charge in [0.1, 0.15) is 18.1 Å². The highest BCUT2D eigenvalue weighted by Gasteiger charge is 2.13. The second-order valence-corrected chi connectivity index (χ2v) is 6.12. The lowest BCUT2D eigenvalue weighted by Gasteiger charge is -2.09. The van der Waals surface area contributed by atoms with E-state index in [1.165, 1.54) is 0 Å². The first-order chi connectivity index (χ1) is 11.9. The van der Waals surface area contributed by atoms with Crippen LogP contribution in [0.1, 0.15) is 30.9 Å². The Bertz CT molecular complexity index is 877. The molecule has 0 fully saturated rings. The molecule has 1 aromatic carbocycles. The van der Waals surface area contributed by atoms with Crippen LogP contribution in [0.15, 0.2) is 22.7 Å². The van der Waals surface area contributed by atoms with Gasteiger partial charge in [0.05, 0.1) is 16.8 Å². The van der Waals surface area contributed by atoms with Crippen molar-refractivity contribution < 1.29 is 14.1 Å². The molecule has 2 amide bonds. The Labute approximate surface area is 144 Å². The standard InChI is InChI=1S/C17H21N5O3/c1-9(2)18-17(23)19-16-13-7-12(5-6-15(13)20-21-16)24-8-14-10(3)22-25-11(14)4/h5-7,9H,8H2,1-4H3,(H3,18,19,20,21,23). The number of hydrogen-bond acceptors (Lipinski definition) is 5. The molecule has 8 heteroatoms. The van der Waals surface area contributed by atoms with Crippen LogP contribution in [-0.4, -0.2) is 27.4 Å². The van der Waals surface area contributed by atoms with Gasteiger partial charge in [-0.2, -0.15) is 5.10 Å². The molecule has 2 heterocycles. The molecule has 3 aromatic rings. The third-order valence-electron chi connectivity index (χ3n) is 3.75. The second kappa shape index (κ2) is 6.84. The van der Waals surface area contributed by atoms with Gasteiger partial charge in [0.25, 0.3) is 0 Å². The van der Waals surface area contributed by atoms with Gasteiger partial charge in [0.15, 0.2) is 5.82 Å². The van der Waals surface area contributed by atoms with E-state index in [0.29, 0.717) is 18.2 Å². The Hall–Kier alpha value is -3.03. The molecule has 3 N–H and O–H groups in total. The van der Waals surface area contributed by atoms with Crippen LogP contribution < -0.4 is 15.4 Å². The van der Waals surface area contributed by atoms with Crippen LogP contribution in [0.4, 0.5) is 10.6 Å². The summed E-state index contributed by atoms with van der Waals surface area (Å²) in [5.41, 5.74) is 2.56. The van der Waals surface area contributed by atoms with Gasteiger partial charge in [-0.1, -0.05) is 5.16 Å². The molecule has 0 radical (unpaired) electrons. The first kappa shape index (κ1) is 16.8. The highest BCUT2D eigenvalue weighted by Crippen LogP contribution is 2.26. The fraction of sp³-hybridized carbons (Fsp3) is 0.353. The number of aryl methyl sites for hydroxylation is 2. The van der Waals surface area contributed by atoms with Crippen molar-refractivity contribution in [2.24, 2.45) is 0 Å². The van der Waals surface area contributed by atoms with Gasteiger partial charge in [0, 0.05) is 11.4 Å². The summed E-state index contributed by atoms with van der Waals surface area (Å²) >= 11 is 0. The van der Waals surface area contributed by atoms with Crippen LogP contribution in [0.3, 0.4) is 0 Å². The van der Waals surface area contributed by atoms with Crippen LogP contribution in [0.2, 0.25) is 0 Å². The molecule has 3 rings (SSSR count). The molecule has 0 unspecified atom stereocenters. The van der Waals surface area contributed by atoms with Crippen LogP contribution in [0, 0.1) is 13.8 Å². The summed E-state index contributed by atoms with van der Waals surface area (Å²) in [7, 11) is 0. The van der Waals surface area contributed by atoms with Crippen molar-refractivity contribution >= 4 is 22.8 Å². The summed E-state index contributed by atoms with van der Waals surface area (Å²) in [5.74, 6) is 1.87. The molecule has 0 bridgehead atoms. The number of anilines is 1. The minimum absolute atomic E-state index is 0.0409. The van der Waals surface area contributed by atoms with E-state index in [1.807, 2.05) is 45.9 Å². The number of aromatic nitrogens is 3. The number of benzene rings is 1. The van der Waals surface area contributed by atoms with Crippen LogP contribution in [0.5, 0.6) is 5.75 Å². The number of H-pyrrole nitrogens is 1. The fourth-order valence-corrected chi connectivity index (χ4v) is 2.45. The number of nitrogens with one attached hydrogen (secondary N) is 3. The van der Waals surface area contributed by atoms with Crippen LogP contribution in [-0.2, 0) is 6.61 Å². The van der Waals surface area contributed by atoms with Gasteiger partial charge in [-0.15, -0.1) is 0 Å². The summed E-state index contributed by atoms with van der Waals surface area (Å²) in [5, 5.41) is 17.2. The Morgan fingerprint density at radius 2 is 2.16 bits per heavy atom. The molecule has 0 saturated heterocycles. The third kappa shape index (κ3) is 3.73. The van der Waals surface area contributed by atoms with E-state index in [-0.39, 0.29) is 12.1 Å². The van der Waals surface area contributed by atoms with Crippen molar-refractivity contribution in [1.82, 2.24) is 20.7 Å². The lowest BCUT2D eigenvalue weighted by molar-refractivity contribution is 0.250. The Morgan fingerprint density at radius 1 is 1.36 bits per heavy atom. The van der Waals surface area contributed by atoms with Crippen molar-refractivity contribution in [3.8, 4) is 5.75 Å². The predicted octanol–water partition coefficient (Wildman–Crippen LogP) is 3.28. The minimum atomic E-state index is -0.301. The van der Waals surface area contributed by atoms with Crippen molar-refractivity contribution in [2.75, 3.05) is 5.32 Å². The zero-order valence-electron chi connectivity index (χ0n) is 14.6. The fourth-order valence-electron chi connectivity index (χ4n) is 2.45. The maximum Gasteiger partial charge on any atom is 0.320 e. The van der Waals surface area contributed by atoms with Gasteiger partial charge in [-0.3, -0.25) is 10.4 Å². The largest absolute Gasteiger partial charge is 0.489 e. The number of amides is 2. The SMILES string of the molecule is Cc1noc(C)c1COc1ccc2[nH]nc(NC(=O)NC(C)C)c2c1. The van der Waals surface area contributed by atoms with Gasteiger partial charge < -0.3 is 14.6 Å². The maximum atomic E-state index is 11.9. The van der Waals surface area contributed by atoms with E-state index < -0.39 is 0 Å². The topological polar surface area (TPSA) is 105 Å². The molecule has 8 nitrogen and oxygen atoms in total. The predicted molar refractivity (Wildman–Crippen MR) is 93.7 cm³/mol. The molecule has 0 aliphatic carbocycles. The lowest BCUT2D eigenvalue weighted by atomic mass is 10.2. The lowest BCUT2D eigenvalue weighted by Crippen LogP contribution is -2.34. The van der Waals surface area contributed by atoms with Crippen LogP contribution >= 0.6 is 0 Å². The van der Waals surface area contributed by atoms with Crippen molar-refractivity contribution in [3.05, 3.63) is 35.2 Å². The van der Waals surface area contributed by atoms with E-state index in [1.54, 1.807) is 0 Å². The first-order valence-corrected chi connectivity index (χ1v) is 8.04. The summed E-state index contributed by atoms with van der Waals surface area (Å²) in [6.45, 7) is 7.88. The number of fused-ring (bicyclic) bond motifs is 1. The summed E-state index contributed by atoms with van der Waals surface area (Å²) in [6.07, 6.45) is 0. The molecule has 2 aromatic heterocycles. The molecule has 0 aliphatic heterocycles. The van der Waals surface area contributed by atoms with Gasteiger partial charge >= 0.3 is 6.03 Å². The number of carbonyl (C=O) groups is 1. The van der Waals surface area contributed by atoms with Crippen molar-refractivity contribution in [1.29, 1.82) is 0 Å². The zero-order valence-corrected chi connectivity index (χ0v) is 14.6. The van der Waals surface area contributed by atoms with Crippen molar-refractivity contribution in [3.63, 3.8) is 0 Å². The van der Waals surface area contributed by atoms with E-state index in [2.05, 4.69) is 26.0 Å². The maximum absolute atomic E-state index is 11.9. The molecule has 0 spiro atoms. The van der Waals surface area contributed by atoms with E-state index in [0.717, 1.165) is 27.9 Å². The molecule has 132 valence electrons. The Balaban J connectivity index is 1.77. The normalized spacial score (nSPS) is 11.1. The number of urea groups is 1. The number of rotatable bonds is 5. The quantitative estimate of drug-likeness (QED) is 0.659. The number of nitrogens with zero attached hydrogens (tertiary/aromatic N) is 2. The molecular formula is C17H21N5O3. The third-order valence-corrected chi connectivity index (χ3v) is 3.75. The average Bonchev–Trinajstić information content (AvgIpc) is 3.08. The van der Waals surface area contributed by atoms with E-state index in [9.17, 15) is 4.79 Å². The monoisotopic (exact) mass is 343 g/mol. The van der Waals surface area contributed by atoms with Crippen LogP contribution in [0.25, 0.3) is 10.9 Å². The Morgan fingerprint density at radius 3 is 2.84 bits per heavy atom. The minimum Gasteiger partial charge on any atom is -0.489 e. The highest BCUT2D eigenvalue weighted by atomic mass is 16.5. The smallest absolute Gasteiger partial charge is 0.320 e. The molecular weight excluding hydrogens is 322 g/mol. The van der Waals surface area contributed by atoms with Gasteiger partial charge in [-0.25, -0.2) is 4.79 Å². The summed E-state index contributed by atoms with van der Waals surface area (Å²) in [6, 6.07) is 5.28. The molecule has 0 saturated carbocycles. The molecule has 25 heavy (non-hydrogen) atoms. The van der Waals surface area contributed by atoms with Gasteiger partial charge in [-0.05, 0) is 45.9 Å². The van der Waals surface area contributed by atoms with E-state index >= 15 is 0 Å². The molecule has 0 aliphatic rings. The van der Waals surface area contributed by atoms with Gasteiger partial charge in [0.2, 0.25) is 0 Å². The zero-order chi connectivity index (χ0) is 18.0.